The van der Waals surface area contributed by atoms with Crippen LogP contribution in [0.5, 0.6) is 5.75 Å². The Hall–Kier alpha value is -3.04. The zero-order valence-corrected chi connectivity index (χ0v) is 17.9. The minimum atomic E-state index is -3.65. The van der Waals surface area contributed by atoms with Crippen LogP contribution in [0.2, 0.25) is 0 Å². The molecule has 0 N–H and O–H groups in total. The molecular formula is C22H23FN4O3S. The third-order valence-corrected chi connectivity index (χ3v) is 7.04. The van der Waals surface area contributed by atoms with E-state index in [9.17, 15) is 12.8 Å². The van der Waals surface area contributed by atoms with Crippen LogP contribution in [0.1, 0.15) is 6.92 Å². The van der Waals surface area contributed by atoms with Crippen molar-refractivity contribution in [1.29, 1.82) is 0 Å². The topological polar surface area (TPSA) is 75.6 Å². The average Bonchev–Trinajstić information content (AvgIpc) is 2.80. The lowest BCUT2D eigenvalue weighted by Gasteiger charge is -2.34. The first kappa shape index (κ1) is 21.2. The summed E-state index contributed by atoms with van der Waals surface area (Å²) in [5, 5.41) is 0. The fourth-order valence-corrected chi connectivity index (χ4v) is 4.90. The second-order valence-electron chi connectivity index (χ2n) is 7.06. The van der Waals surface area contributed by atoms with E-state index >= 15 is 0 Å². The molecule has 0 atom stereocenters. The van der Waals surface area contributed by atoms with Crippen LogP contribution in [0.4, 0.5) is 10.2 Å². The number of hydrogen-bond acceptors (Lipinski definition) is 6. The van der Waals surface area contributed by atoms with Gasteiger partial charge < -0.3 is 9.64 Å². The summed E-state index contributed by atoms with van der Waals surface area (Å²) < 4.78 is 45.6. The van der Waals surface area contributed by atoms with Gasteiger partial charge in [-0.2, -0.15) is 4.31 Å². The highest BCUT2D eigenvalue weighted by Crippen LogP contribution is 2.25. The van der Waals surface area contributed by atoms with E-state index in [0.717, 1.165) is 35.0 Å². The van der Waals surface area contributed by atoms with Crippen LogP contribution in [0.3, 0.4) is 0 Å². The molecule has 7 nitrogen and oxygen atoms in total. The first-order valence-corrected chi connectivity index (χ1v) is 11.5. The molecule has 2 aromatic carbocycles. The number of aromatic nitrogens is 2. The van der Waals surface area contributed by atoms with Gasteiger partial charge in [-0.15, -0.1) is 0 Å². The van der Waals surface area contributed by atoms with Gasteiger partial charge in [0.1, 0.15) is 23.7 Å². The molecule has 0 saturated carbocycles. The van der Waals surface area contributed by atoms with Crippen LogP contribution in [-0.2, 0) is 10.0 Å². The summed E-state index contributed by atoms with van der Waals surface area (Å²) in [6.45, 7) is 4.19. The maximum atomic E-state index is 13.1. The van der Waals surface area contributed by atoms with Crippen molar-refractivity contribution in [3.63, 3.8) is 0 Å². The molecule has 1 aromatic heterocycles. The highest BCUT2D eigenvalue weighted by Gasteiger charge is 2.29. The molecular weight excluding hydrogens is 419 g/mol. The summed E-state index contributed by atoms with van der Waals surface area (Å²) >= 11 is 0. The van der Waals surface area contributed by atoms with Gasteiger partial charge in [-0.25, -0.2) is 22.8 Å². The molecule has 0 unspecified atom stereocenters. The Balaban J connectivity index is 1.45. The largest absolute Gasteiger partial charge is 0.494 e. The molecule has 1 aliphatic rings. The molecule has 4 rings (SSSR count). The summed E-state index contributed by atoms with van der Waals surface area (Å²) in [6.07, 6.45) is 1.52. The third kappa shape index (κ3) is 4.67. The van der Waals surface area contributed by atoms with Crippen molar-refractivity contribution in [2.24, 2.45) is 0 Å². The monoisotopic (exact) mass is 442 g/mol. The molecule has 1 fully saturated rings. The van der Waals surface area contributed by atoms with Crippen LogP contribution < -0.4 is 9.64 Å². The zero-order valence-electron chi connectivity index (χ0n) is 17.1. The van der Waals surface area contributed by atoms with E-state index in [2.05, 4.69) is 9.97 Å². The summed E-state index contributed by atoms with van der Waals surface area (Å²) in [5.74, 6) is 1.09. The molecule has 1 aliphatic heterocycles. The zero-order chi connectivity index (χ0) is 21.8. The van der Waals surface area contributed by atoms with Crippen molar-refractivity contribution in [1.82, 2.24) is 14.3 Å². The number of piperazine rings is 1. The van der Waals surface area contributed by atoms with Gasteiger partial charge in [0, 0.05) is 37.8 Å². The smallest absolute Gasteiger partial charge is 0.243 e. The molecule has 0 spiro atoms. The van der Waals surface area contributed by atoms with Gasteiger partial charge in [-0.1, -0.05) is 0 Å². The van der Waals surface area contributed by atoms with Crippen LogP contribution in [-0.4, -0.2) is 55.5 Å². The Kier molecular flexibility index (Phi) is 6.15. The SMILES string of the molecule is CCOc1ccc(-c2cc(N3CCN(S(=O)(=O)c4ccc(F)cc4)CC3)ncn2)cc1. The van der Waals surface area contributed by atoms with E-state index in [1.165, 1.54) is 22.8 Å². The average molecular weight is 443 g/mol. The minimum Gasteiger partial charge on any atom is -0.494 e. The first-order valence-electron chi connectivity index (χ1n) is 10.0. The number of benzene rings is 2. The maximum Gasteiger partial charge on any atom is 0.243 e. The van der Waals surface area contributed by atoms with Gasteiger partial charge in [-0.3, -0.25) is 0 Å². The Bertz CT molecular complexity index is 1130. The van der Waals surface area contributed by atoms with Gasteiger partial charge in [0.25, 0.3) is 0 Å². The molecule has 0 amide bonds. The van der Waals surface area contributed by atoms with Gasteiger partial charge >= 0.3 is 0 Å². The van der Waals surface area contributed by atoms with E-state index in [1.54, 1.807) is 0 Å². The first-order chi connectivity index (χ1) is 15.0. The molecule has 1 saturated heterocycles. The molecule has 0 aliphatic carbocycles. The molecule has 0 bridgehead atoms. The number of hydrogen-bond donors (Lipinski definition) is 0. The van der Waals surface area contributed by atoms with Crippen LogP contribution in [0, 0.1) is 5.82 Å². The van der Waals surface area contributed by atoms with Crippen LogP contribution >= 0.6 is 0 Å². The van der Waals surface area contributed by atoms with Crippen LogP contribution in [0.15, 0.2) is 65.8 Å². The van der Waals surface area contributed by atoms with Crippen molar-refractivity contribution in [2.45, 2.75) is 11.8 Å². The lowest BCUT2D eigenvalue weighted by Crippen LogP contribution is -2.48. The Morgan fingerprint density at radius 3 is 2.29 bits per heavy atom. The summed E-state index contributed by atoms with van der Waals surface area (Å²) in [5.41, 5.74) is 1.74. The number of anilines is 1. The lowest BCUT2D eigenvalue weighted by atomic mass is 10.1. The van der Waals surface area contributed by atoms with Crippen molar-refractivity contribution in [3.8, 4) is 17.0 Å². The predicted molar refractivity (Wildman–Crippen MR) is 116 cm³/mol. The molecule has 31 heavy (non-hydrogen) atoms. The Labute approximate surface area is 181 Å². The lowest BCUT2D eigenvalue weighted by molar-refractivity contribution is 0.340. The maximum absolute atomic E-state index is 13.1. The van der Waals surface area contributed by atoms with E-state index < -0.39 is 15.8 Å². The van der Waals surface area contributed by atoms with E-state index in [0.29, 0.717) is 32.8 Å². The number of rotatable bonds is 6. The Morgan fingerprint density at radius 1 is 0.968 bits per heavy atom. The Morgan fingerprint density at radius 2 is 1.65 bits per heavy atom. The predicted octanol–water partition coefficient (Wildman–Crippen LogP) is 3.19. The quantitative estimate of drug-likeness (QED) is 0.584. The van der Waals surface area contributed by atoms with Crippen molar-refractivity contribution in [3.05, 3.63) is 66.7 Å². The molecule has 9 heteroatoms. The summed E-state index contributed by atoms with van der Waals surface area (Å²) in [7, 11) is -3.65. The number of nitrogens with zero attached hydrogens (tertiary/aromatic N) is 4. The highest BCUT2D eigenvalue weighted by molar-refractivity contribution is 7.89. The molecule has 3 aromatic rings. The normalized spacial score (nSPS) is 15.1. The standard InChI is InChI=1S/C22H23FN4O3S/c1-2-30-19-7-3-17(4-8-19)21-15-22(25-16-24-21)26-11-13-27(14-12-26)31(28,29)20-9-5-18(23)6-10-20/h3-10,15-16H,2,11-14H2,1H3. The summed E-state index contributed by atoms with van der Waals surface area (Å²) in [4.78, 5) is 10.9. The van der Waals surface area contributed by atoms with E-state index in [-0.39, 0.29) is 4.90 Å². The number of halogens is 1. The summed E-state index contributed by atoms with van der Waals surface area (Å²) in [6, 6.07) is 14.5. The second kappa shape index (κ2) is 8.99. The highest BCUT2D eigenvalue weighted by atomic mass is 32.2. The fourth-order valence-electron chi connectivity index (χ4n) is 3.48. The second-order valence-corrected chi connectivity index (χ2v) is 9.00. The van der Waals surface area contributed by atoms with Crippen LogP contribution in [0.25, 0.3) is 11.3 Å². The van der Waals surface area contributed by atoms with E-state index in [4.69, 9.17) is 4.74 Å². The van der Waals surface area contributed by atoms with Gasteiger partial charge in [0.05, 0.1) is 17.2 Å². The van der Waals surface area contributed by atoms with Crippen molar-refractivity contribution >= 4 is 15.8 Å². The van der Waals surface area contributed by atoms with Gasteiger partial charge in [0.15, 0.2) is 0 Å². The van der Waals surface area contributed by atoms with E-state index in [1.807, 2.05) is 42.2 Å². The number of sulfonamides is 1. The fraction of sp³-hybridized carbons (Fsp3) is 0.273. The molecule has 0 radical (unpaired) electrons. The van der Waals surface area contributed by atoms with Crippen molar-refractivity contribution < 1.29 is 17.5 Å². The van der Waals surface area contributed by atoms with Crippen molar-refractivity contribution in [2.75, 3.05) is 37.7 Å². The number of ether oxygens (including phenoxy) is 1. The molecule has 162 valence electrons. The molecule has 2 heterocycles. The third-order valence-electron chi connectivity index (χ3n) is 5.13. The van der Waals surface area contributed by atoms with Gasteiger partial charge in [0.2, 0.25) is 10.0 Å². The van der Waals surface area contributed by atoms with Gasteiger partial charge in [-0.05, 0) is 55.5 Å². The minimum absolute atomic E-state index is 0.0992.